The van der Waals surface area contributed by atoms with Crippen molar-refractivity contribution in [3.05, 3.63) is 24.3 Å². The highest BCUT2D eigenvalue weighted by atomic mass is 16.2. The van der Waals surface area contributed by atoms with Crippen LogP contribution in [-0.4, -0.2) is 18.4 Å². The number of hydrogen-bond donors (Lipinski definition) is 1. The summed E-state index contributed by atoms with van der Waals surface area (Å²) in [6.45, 7) is 2.77. The molecular formula is C15H20N2O2. The fourth-order valence-corrected chi connectivity index (χ4v) is 2.25. The zero-order chi connectivity index (χ0) is 13.7. The highest BCUT2D eigenvalue weighted by Gasteiger charge is 2.19. The molecule has 1 heterocycles. The van der Waals surface area contributed by atoms with Gasteiger partial charge in [0.25, 0.3) is 0 Å². The van der Waals surface area contributed by atoms with Crippen molar-refractivity contribution in [2.24, 2.45) is 0 Å². The van der Waals surface area contributed by atoms with Crippen molar-refractivity contribution in [2.45, 2.75) is 39.0 Å². The van der Waals surface area contributed by atoms with Gasteiger partial charge < -0.3 is 10.2 Å². The molecule has 0 aliphatic carbocycles. The molecule has 1 fully saturated rings. The van der Waals surface area contributed by atoms with E-state index in [4.69, 9.17) is 0 Å². The maximum atomic E-state index is 11.8. The largest absolute Gasteiger partial charge is 0.326 e. The first-order chi connectivity index (χ1) is 9.20. The Balaban J connectivity index is 2.01. The molecule has 1 aliphatic rings. The number of amides is 2. The van der Waals surface area contributed by atoms with E-state index in [0.717, 1.165) is 37.2 Å². The van der Waals surface area contributed by atoms with Crippen LogP contribution < -0.4 is 10.2 Å². The zero-order valence-corrected chi connectivity index (χ0v) is 11.3. The maximum absolute atomic E-state index is 11.8. The SMILES string of the molecule is CCCC(=O)Nc1ccc(N2CCCCC2=O)cc1. The molecule has 0 atom stereocenters. The third kappa shape index (κ3) is 3.56. The Hall–Kier alpha value is -1.84. The minimum atomic E-state index is 0.0318. The molecule has 4 heteroatoms. The van der Waals surface area contributed by atoms with Crippen molar-refractivity contribution in [2.75, 3.05) is 16.8 Å². The van der Waals surface area contributed by atoms with Gasteiger partial charge in [-0.25, -0.2) is 0 Å². The van der Waals surface area contributed by atoms with Crippen molar-refractivity contribution in [3.63, 3.8) is 0 Å². The Bertz CT molecular complexity index is 454. The zero-order valence-electron chi connectivity index (χ0n) is 11.3. The molecule has 2 amide bonds. The first-order valence-electron chi connectivity index (χ1n) is 6.91. The molecule has 0 unspecified atom stereocenters. The molecule has 2 rings (SSSR count). The van der Waals surface area contributed by atoms with Gasteiger partial charge >= 0.3 is 0 Å². The van der Waals surface area contributed by atoms with Crippen LogP contribution in [0.4, 0.5) is 11.4 Å². The van der Waals surface area contributed by atoms with Crippen LogP contribution >= 0.6 is 0 Å². The van der Waals surface area contributed by atoms with Crippen molar-refractivity contribution < 1.29 is 9.59 Å². The summed E-state index contributed by atoms with van der Waals surface area (Å²) in [5.41, 5.74) is 1.70. The number of anilines is 2. The number of nitrogens with one attached hydrogen (secondary N) is 1. The number of carbonyl (C=O) groups excluding carboxylic acids is 2. The van der Waals surface area contributed by atoms with E-state index >= 15 is 0 Å². The molecule has 0 bridgehead atoms. The van der Waals surface area contributed by atoms with Crippen LogP contribution in [0.5, 0.6) is 0 Å². The van der Waals surface area contributed by atoms with E-state index < -0.39 is 0 Å². The normalized spacial score (nSPS) is 15.4. The van der Waals surface area contributed by atoms with Crippen molar-refractivity contribution in [1.82, 2.24) is 0 Å². The summed E-state index contributed by atoms with van der Waals surface area (Å²) in [6, 6.07) is 7.49. The van der Waals surface area contributed by atoms with Gasteiger partial charge in [0.15, 0.2) is 0 Å². The summed E-state index contributed by atoms with van der Waals surface area (Å²) in [4.78, 5) is 25.1. The first kappa shape index (κ1) is 13.6. The second-order valence-electron chi connectivity index (χ2n) is 4.85. The van der Waals surface area contributed by atoms with Crippen LogP contribution in [0.3, 0.4) is 0 Å². The Morgan fingerprint density at radius 2 is 2.00 bits per heavy atom. The van der Waals surface area contributed by atoms with Gasteiger partial charge in [0.1, 0.15) is 0 Å². The number of benzene rings is 1. The average molecular weight is 260 g/mol. The maximum Gasteiger partial charge on any atom is 0.226 e. The quantitative estimate of drug-likeness (QED) is 0.904. The van der Waals surface area contributed by atoms with Gasteiger partial charge in [0, 0.05) is 30.8 Å². The third-order valence-electron chi connectivity index (χ3n) is 3.26. The van der Waals surface area contributed by atoms with Gasteiger partial charge in [-0.3, -0.25) is 9.59 Å². The van der Waals surface area contributed by atoms with E-state index in [1.165, 1.54) is 0 Å². The van der Waals surface area contributed by atoms with Crippen LogP contribution in [0.15, 0.2) is 24.3 Å². The Morgan fingerprint density at radius 1 is 1.26 bits per heavy atom. The van der Waals surface area contributed by atoms with Crippen LogP contribution in [0, 0.1) is 0 Å². The van der Waals surface area contributed by atoms with Gasteiger partial charge in [-0.1, -0.05) is 6.92 Å². The van der Waals surface area contributed by atoms with Crippen LogP contribution in [-0.2, 0) is 9.59 Å². The molecule has 0 saturated carbocycles. The lowest BCUT2D eigenvalue weighted by Crippen LogP contribution is -2.35. The molecule has 0 radical (unpaired) electrons. The highest BCUT2D eigenvalue weighted by molar-refractivity contribution is 5.95. The molecule has 1 aliphatic heterocycles. The average Bonchev–Trinajstić information content (AvgIpc) is 2.41. The number of carbonyl (C=O) groups is 2. The lowest BCUT2D eigenvalue weighted by molar-refractivity contribution is -0.119. The number of piperidine rings is 1. The molecule has 102 valence electrons. The van der Waals surface area contributed by atoms with Crippen LogP contribution in [0.2, 0.25) is 0 Å². The van der Waals surface area contributed by atoms with E-state index in [-0.39, 0.29) is 11.8 Å². The van der Waals surface area contributed by atoms with E-state index in [2.05, 4.69) is 5.32 Å². The van der Waals surface area contributed by atoms with Crippen molar-refractivity contribution >= 4 is 23.2 Å². The monoisotopic (exact) mass is 260 g/mol. The Morgan fingerprint density at radius 3 is 2.63 bits per heavy atom. The topological polar surface area (TPSA) is 49.4 Å². The molecule has 19 heavy (non-hydrogen) atoms. The second kappa shape index (κ2) is 6.36. The highest BCUT2D eigenvalue weighted by Crippen LogP contribution is 2.22. The van der Waals surface area contributed by atoms with E-state index in [9.17, 15) is 9.59 Å². The molecule has 1 aromatic rings. The molecule has 0 aromatic heterocycles. The first-order valence-corrected chi connectivity index (χ1v) is 6.91. The summed E-state index contributed by atoms with van der Waals surface area (Å²) in [7, 11) is 0. The second-order valence-corrected chi connectivity index (χ2v) is 4.85. The smallest absolute Gasteiger partial charge is 0.226 e. The number of nitrogens with zero attached hydrogens (tertiary/aromatic N) is 1. The van der Waals surface area contributed by atoms with Crippen molar-refractivity contribution in [3.8, 4) is 0 Å². The van der Waals surface area contributed by atoms with Gasteiger partial charge in [-0.15, -0.1) is 0 Å². The summed E-state index contributed by atoms with van der Waals surface area (Å²) < 4.78 is 0. The standard InChI is InChI=1S/C15H20N2O2/c1-2-5-14(18)16-12-7-9-13(10-8-12)17-11-4-3-6-15(17)19/h7-10H,2-6,11H2,1H3,(H,16,18). The van der Waals surface area contributed by atoms with Crippen LogP contribution in [0.25, 0.3) is 0 Å². The summed E-state index contributed by atoms with van der Waals surface area (Å²) in [5, 5.41) is 2.84. The lowest BCUT2D eigenvalue weighted by atomic mass is 10.1. The van der Waals surface area contributed by atoms with E-state index in [0.29, 0.717) is 12.8 Å². The molecule has 4 nitrogen and oxygen atoms in total. The fraction of sp³-hybridized carbons (Fsp3) is 0.467. The summed E-state index contributed by atoms with van der Waals surface area (Å²) >= 11 is 0. The molecule has 1 saturated heterocycles. The molecule has 1 aromatic carbocycles. The van der Waals surface area contributed by atoms with E-state index in [1.807, 2.05) is 36.1 Å². The third-order valence-corrected chi connectivity index (χ3v) is 3.26. The minimum absolute atomic E-state index is 0.0318. The van der Waals surface area contributed by atoms with Crippen molar-refractivity contribution in [1.29, 1.82) is 0 Å². The lowest BCUT2D eigenvalue weighted by Gasteiger charge is -2.26. The predicted molar refractivity (Wildman–Crippen MR) is 76.2 cm³/mol. The summed E-state index contributed by atoms with van der Waals surface area (Å²) in [6.07, 6.45) is 4.05. The predicted octanol–water partition coefficient (Wildman–Crippen LogP) is 2.94. The van der Waals surface area contributed by atoms with Gasteiger partial charge in [0.2, 0.25) is 11.8 Å². The minimum Gasteiger partial charge on any atom is -0.326 e. The van der Waals surface area contributed by atoms with Crippen LogP contribution in [0.1, 0.15) is 39.0 Å². The molecule has 1 N–H and O–H groups in total. The number of hydrogen-bond acceptors (Lipinski definition) is 2. The summed E-state index contributed by atoms with van der Waals surface area (Å²) in [5.74, 6) is 0.221. The number of rotatable bonds is 4. The van der Waals surface area contributed by atoms with Gasteiger partial charge in [-0.05, 0) is 43.5 Å². The van der Waals surface area contributed by atoms with Gasteiger partial charge in [-0.2, -0.15) is 0 Å². The Labute approximate surface area is 113 Å². The van der Waals surface area contributed by atoms with E-state index in [1.54, 1.807) is 0 Å². The molecule has 0 spiro atoms. The van der Waals surface area contributed by atoms with Gasteiger partial charge in [0.05, 0.1) is 0 Å². The molecular weight excluding hydrogens is 240 g/mol. The fourth-order valence-electron chi connectivity index (χ4n) is 2.25. The Kier molecular flexibility index (Phi) is 4.55.